The topological polar surface area (TPSA) is 0 Å². The Morgan fingerprint density at radius 1 is 1.67 bits per heavy atom. The van der Waals surface area contributed by atoms with Crippen LogP contribution in [0.2, 0.25) is 0 Å². The van der Waals surface area contributed by atoms with Gasteiger partial charge in [-0.3, -0.25) is 0 Å². The van der Waals surface area contributed by atoms with Gasteiger partial charge in [0.05, 0.1) is 0 Å². The van der Waals surface area contributed by atoms with Crippen molar-refractivity contribution in [2.75, 3.05) is 0 Å². The quantitative estimate of drug-likeness (QED) is 0.499. The first-order valence-electron chi connectivity index (χ1n) is 3.39. The second-order valence-corrected chi connectivity index (χ2v) is 2.25. The molecule has 0 aromatic carbocycles. The average molecular weight is 120 g/mol. The predicted molar refractivity (Wildman–Crippen MR) is 41.3 cm³/mol. The Bertz CT molecular complexity index is 170. The molecule has 1 rings (SSSR count). The lowest BCUT2D eigenvalue weighted by molar-refractivity contribution is 1.09. The maximum atomic E-state index is 3.91. The molecule has 0 aromatic rings. The van der Waals surface area contributed by atoms with Crippen molar-refractivity contribution in [3.05, 3.63) is 36.0 Å². The zero-order valence-electron chi connectivity index (χ0n) is 5.85. The van der Waals surface area contributed by atoms with Crippen LogP contribution in [0, 0.1) is 0 Å². The molecule has 0 heteroatoms. The molecular weight excluding hydrogens is 108 g/mol. The summed E-state index contributed by atoms with van der Waals surface area (Å²) in [5.41, 5.74) is 2.58. The SMILES string of the molecule is C=C1C=CCC=C1CC. The minimum absolute atomic E-state index is 1.09. The maximum absolute atomic E-state index is 3.91. The van der Waals surface area contributed by atoms with Crippen LogP contribution in [0.25, 0.3) is 0 Å². The van der Waals surface area contributed by atoms with Gasteiger partial charge in [0.1, 0.15) is 0 Å². The van der Waals surface area contributed by atoms with E-state index in [0.29, 0.717) is 0 Å². The van der Waals surface area contributed by atoms with E-state index in [9.17, 15) is 0 Å². The third-order valence-corrected chi connectivity index (χ3v) is 1.61. The molecule has 0 aromatic heterocycles. The zero-order valence-corrected chi connectivity index (χ0v) is 5.85. The largest absolute Gasteiger partial charge is 0.0915 e. The first-order chi connectivity index (χ1) is 4.34. The molecule has 1 aliphatic carbocycles. The third-order valence-electron chi connectivity index (χ3n) is 1.61. The van der Waals surface area contributed by atoms with Crippen LogP contribution < -0.4 is 0 Å². The molecule has 0 spiro atoms. The Morgan fingerprint density at radius 3 is 2.89 bits per heavy atom. The van der Waals surface area contributed by atoms with E-state index < -0.39 is 0 Å². The average Bonchev–Trinajstić information content (AvgIpc) is 1.89. The van der Waals surface area contributed by atoms with E-state index >= 15 is 0 Å². The van der Waals surface area contributed by atoms with E-state index in [4.69, 9.17) is 0 Å². The first kappa shape index (κ1) is 6.34. The van der Waals surface area contributed by atoms with Crippen molar-refractivity contribution < 1.29 is 0 Å². The number of allylic oxidation sites excluding steroid dienone is 5. The van der Waals surface area contributed by atoms with Crippen LogP contribution in [0.1, 0.15) is 19.8 Å². The fraction of sp³-hybridized carbons (Fsp3) is 0.333. The highest BCUT2D eigenvalue weighted by Crippen LogP contribution is 2.18. The molecule has 48 valence electrons. The highest BCUT2D eigenvalue weighted by atomic mass is 14.0. The van der Waals surface area contributed by atoms with E-state index in [1.807, 2.05) is 0 Å². The Kier molecular flexibility index (Phi) is 1.88. The van der Waals surface area contributed by atoms with Gasteiger partial charge >= 0.3 is 0 Å². The Hall–Kier alpha value is -0.780. The normalized spacial score (nSPS) is 17.9. The fourth-order valence-electron chi connectivity index (χ4n) is 1.03. The van der Waals surface area contributed by atoms with Crippen molar-refractivity contribution in [1.82, 2.24) is 0 Å². The molecule has 0 bridgehead atoms. The molecule has 0 aliphatic heterocycles. The van der Waals surface area contributed by atoms with E-state index in [1.54, 1.807) is 0 Å². The van der Waals surface area contributed by atoms with Crippen molar-refractivity contribution in [3.8, 4) is 0 Å². The van der Waals surface area contributed by atoms with Gasteiger partial charge in [-0.2, -0.15) is 0 Å². The van der Waals surface area contributed by atoms with Crippen LogP contribution in [0.4, 0.5) is 0 Å². The second kappa shape index (κ2) is 2.67. The van der Waals surface area contributed by atoms with Gasteiger partial charge in [-0.1, -0.05) is 31.7 Å². The summed E-state index contributed by atoms with van der Waals surface area (Å²) in [5.74, 6) is 0. The van der Waals surface area contributed by atoms with E-state index in [1.165, 1.54) is 11.1 Å². The summed E-state index contributed by atoms with van der Waals surface area (Å²) in [4.78, 5) is 0. The van der Waals surface area contributed by atoms with Gasteiger partial charge in [-0.25, -0.2) is 0 Å². The monoisotopic (exact) mass is 120 g/mol. The van der Waals surface area contributed by atoms with Gasteiger partial charge in [0, 0.05) is 0 Å². The highest BCUT2D eigenvalue weighted by molar-refractivity contribution is 5.40. The minimum Gasteiger partial charge on any atom is -0.0915 e. The minimum atomic E-state index is 1.09. The fourth-order valence-corrected chi connectivity index (χ4v) is 1.03. The summed E-state index contributed by atoms with van der Waals surface area (Å²) in [6.07, 6.45) is 8.67. The van der Waals surface area contributed by atoms with Crippen LogP contribution in [0.5, 0.6) is 0 Å². The lowest BCUT2D eigenvalue weighted by Crippen LogP contribution is -1.86. The van der Waals surface area contributed by atoms with Gasteiger partial charge in [-0.05, 0) is 24.0 Å². The van der Waals surface area contributed by atoms with Crippen LogP contribution in [-0.2, 0) is 0 Å². The number of hydrogen-bond acceptors (Lipinski definition) is 0. The standard InChI is InChI=1S/C9H12/c1-3-9-7-5-4-6-8(9)2/h4,6-7H,2-3,5H2,1H3. The molecule has 0 saturated heterocycles. The molecule has 0 unspecified atom stereocenters. The summed E-state index contributed by atoms with van der Waals surface area (Å²) >= 11 is 0. The Labute approximate surface area is 56.6 Å². The lowest BCUT2D eigenvalue weighted by Gasteiger charge is -2.06. The van der Waals surface area contributed by atoms with Crippen LogP contribution in [0.15, 0.2) is 36.0 Å². The summed E-state index contributed by atoms with van der Waals surface area (Å²) in [7, 11) is 0. The summed E-state index contributed by atoms with van der Waals surface area (Å²) in [5, 5.41) is 0. The first-order valence-corrected chi connectivity index (χ1v) is 3.39. The maximum Gasteiger partial charge on any atom is -0.0160 e. The van der Waals surface area contributed by atoms with Crippen molar-refractivity contribution in [3.63, 3.8) is 0 Å². The molecular formula is C9H12. The van der Waals surface area contributed by atoms with Crippen molar-refractivity contribution in [1.29, 1.82) is 0 Å². The molecule has 0 heterocycles. The number of rotatable bonds is 1. The van der Waals surface area contributed by atoms with Crippen molar-refractivity contribution in [2.24, 2.45) is 0 Å². The van der Waals surface area contributed by atoms with Gasteiger partial charge in [0.2, 0.25) is 0 Å². The predicted octanol–water partition coefficient (Wildman–Crippen LogP) is 2.84. The molecule has 0 atom stereocenters. The van der Waals surface area contributed by atoms with Gasteiger partial charge in [0.25, 0.3) is 0 Å². The van der Waals surface area contributed by atoms with Crippen molar-refractivity contribution >= 4 is 0 Å². The molecule has 1 aliphatic rings. The molecule has 0 N–H and O–H groups in total. The van der Waals surface area contributed by atoms with Crippen LogP contribution in [0.3, 0.4) is 0 Å². The Morgan fingerprint density at radius 2 is 2.44 bits per heavy atom. The molecule has 9 heavy (non-hydrogen) atoms. The molecule has 0 nitrogen and oxygen atoms in total. The number of hydrogen-bond donors (Lipinski definition) is 0. The van der Waals surface area contributed by atoms with E-state index in [-0.39, 0.29) is 0 Å². The molecule has 0 radical (unpaired) electrons. The van der Waals surface area contributed by atoms with Gasteiger partial charge < -0.3 is 0 Å². The molecule has 0 saturated carbocycles. The highest BCUT2D eigenvalue weighted by Gasteiger charge is 1.98. The summed E-state index contributed by atoms with van der Waals surface area (Å²) < 4.78 is 0. The van der Waals surface area contributed by atoms with Gasteiger partial charge in [-0.15, -0.1) is 0 Å². The molecule has 0 fully saturated rings. The Balaban J connectivity index is 2.71. The third kappa shape index (κ3) is 1.32. The van der Waals surface area contributed by atoms with Crippen molar-refractivity contribution in [2.45, 2.75) is 19.8 Å². The smallest absolute Gasteiger partial charge is 0.0160 e. The summed E-state index contributed by atoms with van der Waals surface area (Å²) in [6, 6.07) is 0. The summed E-state index contributed by atoms with van der Waals surface area (Å²) in [6.45, 7) is 6.07. The van der Waals surface area contributed by atoms with Crippen LogP contribution in [-0.4, -0.2) is 0 Å². The molecule has 0 amide bonds. The lowest BCUT2D eigenvalue weighted by atomic mass is 9.99. The zero-order chi connectivity index (χ0) is 6.69. The van der Waals surface area contributed by atoms with E-state index in [2.05, 4.69) is 31.7 Å². The van der Waals surface area contributed by atoms with E-state index in [0.717, 1.165) is 12.8 Å². The second-order valence-electron chi connectivity index (χ2n) is 2.25. The van der Waals surface area contributed by atoms with Gasteiger partial charge in [0.15, 0.2) is 0 Å². The van der Waals surface area contributed by atoms with Crippen LogP contribution >= 0.6 is 0 Å².